The first-order valence-corrected chi connectivity index (χ1v) is 4.97. The molecule has 5 heteroatoms. The highest BCUT2D eigenvalue weighted by atomic mass is 16.4. The second-order valence-electron chi connectivity index (χ2n) is 3.85. The number of anilines is 1. The molecule has 0 aliphatic heterocycles. The summed E-state index contributed by atoms with van der Waals surface area (Å²) in [6.45, 7) is 1.65. The van der Waals surface area contributed by atoms with Crippen LogP contribution in [0, 0.1) is 6.92 Å². The molecule has 1 heterocycles. The SMILES string of the molecule is Cc1nc(N)c(C2CCC2)c(C(=O)O)n1. The average Bonchev–Trinajstić information content (AvgIpc) is 2.05. The van der Waals surface area contributed by atoms with Crippen molar-refractivity contribution in [1.82, 2.24) is 9.97 Å². The monoisotopic (exact) mass is 207 g/mol. The predicted octanol–water partition coefficient (Wildman–Crippen LogP) is 1.33. The summed E-state index contributed by atoms with van der Waals surface area (Å²) >= 11 is 0. The third kappa shape index (κ3) is 1.65. The van der Waals surface area contributed by atoms with E-state index >= 15 is 0 Å². The summed E-state index contributed by atoms with van der Waals surface area (Å²) in [6.07, 6.45) is 3.09. The third-order valence-corrected chi connectivity index (χ3v) is 2.80. The number of hydrogen-bond donors (Lipinski definition) is 2. The summed E-state index contributed by atoms with van der Waals surface area (Å²) in [7, 11) is 0. The molecule has 1 aliphatic rings. The second kappa shape index (κ2) is 3.49. The molecular formula is C10H13N3O2. The Labute approximate surface area is 87.4 Å². The Hall–Kier alpha value is -1.65. The number of carboxylic acid groups (broad SMARTS) is 1. The van der Waals surface area contributed by atoms with Gasteiger partial charge in [-0.2, -0.15) is 0 Å². The fourth-order valence-corrected chi connectivity index (χ4v) is 1.87. The maximum Gasteiger partial charge on any atom is 0.355 e. The van der Waals surface area contributed by atoms with E-state index in [2.05, 4.69) is 9.97 Å². The highest BCUT2D eigenvalue weighted by molar-refractivity contribution is 5.88. The number of hydrogen-bond acceptors (Lipinski definition) is 4. The van der Waals surface area contributed by atoms with E-state index in [1.165, 1.54) is 0 Å². The van der Waals surface area contributed by atoms with E-state index in [1.807, 2.05) is 0 Å². The maximum absolute atomic E-state index is 11.0. The lowest BCUT2D eigenvalue weighted by Crippen LogP contribution is -2.19. The third-order valence-electron chi connectivity index (χ3n) is 2.80. The molecule has 1 saturated carbocycles. The molecule has 0 bridgehead atoms. The highest BCUT2D eigenvalue weighted by Gasteiger charge is 2.28. The van der Waals surface area contributed by atoms with E-state index < -0.39 is 5.97 Å². The van der Waals surface area contributed by atoms with Crippen LogP contribution in [0.5, 0.6) is 0 Å². The van der Waals surface area contributed by atoms with Gasteiger partial charge in [0.25, 0.3) is 0 Å². The van der Waals surface area contributed by atoms with Gasteiger partial charge >= 0.3 is 5.97 Å². The van der Waals surface area contributed by atoms with Crippen LogP contribution in [0.1, 0.15) is 47.1 Å². The Balaban J connectivity index is 2.53. The van der Waals surface area contributed by atoms with Crippen LogP contribution in [0.15, 0.2) is 0 Å². The molecule has 0 atom stereocenters. The molecular weight excluding hydrogens is 194 g/mol. The number of aromatic carboxylic acids is 1. The van der Waals surface area contributed by atoms with Crippen molar-refractivity contribution in [3.8, 4) is 0 Å². The summed E-state index contributed by atoms with van der Waals surface area (Å²) in [5, 5.41) is 9.04. The quantitative estimate of drug-likeness (QED) is 0.763. The molecule has 1 aromatic heterocycles. The lowest BCUT2D eigenvalue weighted by Gasteiger charge is -2.27. The Kier molecular flexibility index (Phi) is 2.30. The number of nitrogen functional groups attached to an aromatic ring is 1. The van der Waals surface area contributed by atoms with Gasteiger partial charge in [-0.15, -0.1) is 0 Å². The van der Waals surface area contributed by atoms with Crippen molar-refractivity contribution in [2.45, 2.75) is 32.1 Å². The highest BCUT2D eigenvalue weighted by Crippen LogP contribution is 2.39. The first-order valence-electron chi connectivity index (χ1n) is 4.97. The van der Waals surface area contributed by atoms with E-state index in [-0.39, 0.29) is 11.6 Å². The summed E-state index contributed by atoms with van der Waals surface area (Å²) in [6, 6.07) is 0. The van der Waals surface area contributed by atoms with Gasteiger partial charge in [0, 0.05) is 5.56 Å². The zero-order valence-corrected chi connectivity index (χ0v) is 8.53. The minimum Gasteiger partial charge on any atom is -0.476 e. The van der Waals surface area contributed by atoms with Gasteiger partial charge in [0.1, 0.15) is 11.6 Å². The number of nitrogens with zero attached hydrogens (tertiary/aromatic N) is 2. The van der Waals surface area contributed by atoms with Crippen LogP contribution >= 0.6 is 0 Å². The number of aryl methyl sites for hydroxylation is 1. The van der Waals surface area contributed by atoms with Gasteiger partial charge in [-0.05, 0) is 25.7 Å². The summed E-state index contributed by atoms with van der Waals surface area (Å²) in [4.78, 5) is 19.0. The molecule has 0 amide bonds. The van der Waals surface area contributed by atoms with Gasteiger partial charge in [-0.25, -0.2) is 14.8 Å². The van der Waals surface area contributed by atoms with Crippen molar-refractivity contribution < 1.29 is 9.90 Å². The zero-order valence-electron chi connectivity index (χ0n) is 8.53. The summed E-state index contributed by atoms with van der Waals surface area (Å²) < 4.78 is 0. The second-order valence-corrected chi connectivity index (χ2v) is 3.85. The average molecular weight is 207 g/mol. The van der Waals surface area contributed by atoms with Crippen molar-refractivity contribution in [2.75, 3.05) is 5.73 Å². The van der Waals surface area contributed by atoms with Crippen LogP contribution in [0.3, 0.4) is 0 Å². The van der Waals surface area contributed by atoms with Crippen molar-refractivity contribution >= 4 is 11.8 Å². The molecule has 2 rings (SSSR count). The lowest BCUT2D eigenvalue weighted by atomic mass is 9.79. The Bertz CT molecular complexity index is 413. The summed E-state index contributed by atoms with van der Waals surface area (Å²) in [5.41, 5.74) is 6.45. The van der Waals surface area contributed by atoms with Crippen LogP contribution < -0.4 is 5.73 Å². The number of carboxylic acids is 1. The molecule has 1 fully saturated rings. The van der Waals surface area contributed by atoms with Crippen LogP contribution in [0.4, 0.5) is 5.82 Å². The molecule has 0 radical (unpaired) electrons. The van der Waals surface area contributed by atoms with Crippen LogP contribution in [0.25, 0.3) is 0 Å². The number of nitrogens with two attached hydrogens (primary N) is 1. The fraction of sp³-hybridized carbons (Fsp3) is 0.500. The summed E-state index contributed by atoms with van der Waals surface area (Å²) in [5.74, 6) is -0.0524. The van der Waals surface area contributed by atoms with Gasteiger partial charge in [0.15, 0.2) is 5.69 Å². The molecule has 15 heavy (non-hydrogen) atoms. The first-order chi connectivity index (χ1) is 7.09. The first kappa shape index (κ1) is 9.89. The topological polar surface area (TPSA) is 89.1 Å². The van der Waals surface area contributed by atoms with Crippen LogP contribution in [-0.2, 0) is 0 Å². The van der Waals surface area contributed by atoms with E-state index in [9.17, 15) is 4.79 Å². The smallest absolute Gasteiger partial charge is 0.355 e. The standard InChI is InChI=1S/C10H13N3O2/c1-5-12-8(10(14)15)7(9(11)13-5)6-3-2-4-6/h6H,2-4H2,1H3,(H,14,15)(H2,11,12,13). The largest absolute Gasteiger partial charge is 0.476 e. The predicted molar refractivity (Wildman–Crippen MR) is 54.7 cm³/mol. The van der Waals surface area contributed by atoms with Crippen molar-refractivity contribution in [1.29, 1.82) is 0 Å². The molecule has 0 unspecified atom stereocenters. The van der Waals surface area contributed by atoms with Crippen LogP contribution in [-0.4, -0.2) is 21.0 Å². The lowest BCUT2D eigenvalue weighted by molar-refractivity contribution is 0.0687. The zero-order chi connectivity index (χ0) is 11.0. The van der Waals surface area contributed by atoms with Gasteiger partial charge < -0.3 is 10.8 Å². The Morgan fingerprint density at radius 2 is 2.13 bits per heavy atom. The van der Waals surface area contributed by atoms with Crippen molar-refractivity contribution in [2.24, 2.45) is 0 Å². The number of carbonyl (C=O) groups is 1. The maximum atomic E-state index is 11.0. The number of aromatic nitrogens is 2. The van der Waals surface area contributed by atoms with E-state index in [0.29, 0.717) is 17.2 Å². The van der Waals surface area contributed by atoms with E-state index in [1.54, 1.807) is 6.92 Å². The van der Waals surface area contributed by atoms with Gasteiger partial charge in [-0.1, -0.05) is 6.42 Å². The Morgan fingerprint density at radius 3 is 2.60 bits per heavy atom. The minimum absolute atomic E-state index is 0.0738. The molecule has 80 valence electrons. The minimum atomic E-state index is -1.02. The van der Waals surface area contributed by atoms with Gasteiger partial charge in [0.2, 0.25) is 0 Å². The number of rotatable bonds is 2. The molecule has 0 aromatic carbocycles. The Morgan fingerprint density at radius 1 is 1.47 bits per heavy atom. The molecule has 1 aliphatic carbocycles. The molecule has 1 aromatic rings. The van der Waals surface area contributed by atoms with Gasteiger partial charge in [-0.3, -0.25) is 0 Å². The molecule has 5 nitrogen and oxygen atoms in total. The van der Waals surface area contributed by atoms with Crippen LogP contribution in [0.2, 0.25) is 0 Å². The molecule has 0 saturated heterocycles. The molecule has 3 N–H and O–H groups in total. The van der Waals surface area contributed by atoms with Crippen molar-refractivity contribution in [3.63, 3.8) is 0 Å². The molecule has 0 spiro atoms. The van der Waals surface area contributed by atoms with Gasteiger partial charge in [0.05, 0.1) is 0 Å². The van der Waals surface area contributed by atoms with E-state index in [0.717, 1.165) is 19.3 Å². The normalized spacial score (nSPS) is 16.1. The van der Waals surface area contributed by atoms with E-state index in [4.69, 9.17) is 10.8 Å². The van der Waals surface area contributed by atoms with Crippen molar-refractivity contribution in [3.05, 3.63) is 17.1 Å². The fourth-order valence-electron chi connectivity index (χ4n) is 1.87.